The van der Waals surface area contributed by atoms with Gasteiger partial charge in [0.15, 0.2) is 5.82 Å². The van der Waals surface area contributed by atoms with Crippen molar-refractivity contribution in [1.82, 2.24) is 29.5 Å². The fraction of sp³-hybridized carbons (Fsp3) is 0.125. The van der Waals surface area contributed by atoms with E-state index in [-0.39, 0.29) is 0 Å². The molecular weight excluding hydrogens is 450 g/mol. The standard InChI is InChI=1S/C24H19N7O2S/c25-23(32)17-3-6-19-20(9-17)33-8-7-16-10-21(34-22(16)19)24-29-27-14-31(24)18-4-1-15(2-5-18)11-30-13-26-12-28-30/h1-6,9-10,12-14H,7-8,11H2,(H2,25,32). The van der Waals surface area contributed by atoms with Crippen molar-refractivity contribution in [2.45, 2.75) is 13.0 Å². The lowest BCUT2D eigenvalue weighted by Crippen LogP contribution is -2.11. The summed E-state index contributed by atoms with van der Waals surface area (Å²) in [6, 6.07) is 15.7. The van der Waals surface area contributed by atoms with Gasteiger partial charge in [0.1, 0.15) is 24.7 Å². The van der Waals surface area contributed by atoms with Crippen LogP contribution in [0.2, 0.25) is 0 Å². The molecule has 0 radical (unpaired) electrons. The number of thiophene rings is 1. The summed E-state index contributed by atoms with van der Waals surface area (Å²) in [5.74, 6) is 0.981. The normalized spacial score (nSPS) is 12.5. The summed E-state index contributed by atoms with van der Waals surface area (Å²) in [6.07, 6.45) is 5.71. The minimum atomic E-state index is -0.469. The molecule has 2 N–H and O–H groups in total. The largest absolute Gasteiger partial charge is 0.493 e. The molecule has 4 heterocycles. The quantitative estimate of drug-likeness (QED) is 0.422. The maximum Gasteiger partial charge on any atom is 0.248 e. The molecule has 6 rings (SSSR count). The van der Waals surface area contributed by atoms with Crippen molar-refractivity contribution in [1.29, 1.82) is 0 Å². The van der Waals surface area contributed by atoms with E-state index >= 15 is 0 Å². The second-order valence-electron chi connectivity index (χ2n) is 7.92. The van der Waals surface area contributed by atoms with E-state index in [2.05, 4.69) is 38.5 Å². The van der Waals surface area contributed by atoms with Crippen molar-refractivity contribution in [2.24, 2.45) is 5.73 Å². The van der Waals surface area contributed by atoms with Gasteiger partial charge in [0.05, 0.1) is 18.0 Å². The molecular formula is C24H19N7O2S. The third-order valence-electron chi connectivity index (χ3n) is 5.74. The van der Waals surface area contributed by atoms with Crippen LogP contribution >= 0.6 is 11.3 Å². The Labute approximate surface area is 198 Å². The van der Waals surface area contributed by atoms with Gasteiger partial charge in [0.2, 0.25) is 5.91 Å². The number of primary amides is 1. The number of rotatable bonds is 5. The fourth-order valence-electron chi connectivity index (χ4n) is 4.06. The van der Waals surface area contributed by atoms with Crippen LogP contribution < -0.4 is 10.5 Å². The average Bonchev–Trinajstić information content (AvgIpc) is 3.59. The summed E-state index contributed by atoms with van der Waals surface area (Å²) in [5, 5.41) is 12.7. The van der Waals surface area contributed by atoms with E-state index in [4.69, 9.17) is 10.5 Å². The second-order valence-corrected chi connectivity index (χ2v) is 8.97. The Kier molecular flexibility index (Phi) is 4.92. The van der Waals surface area contributed by atoms with Crippen LogP contribution in [0, 0.1) is 0 Å². The Hall–Kier alpha value is -4.31. The highest BCUT2D eigenvalue weighted by Gasteiger charge is 2.22. The van der Waals surface area contributed by atoms with Crippen LogP contribution in [0.5, 0.6) is 5.75 Å². The number of amides is 1. The molecule has 0 fully saturated rings. The highest BCUT2D eigenvalue weighted by atomic mass is 32.1. The van der Waals surface area contributed by atoms with Crippen LogP contribution in [0.3, 0.4) is 0 Å². The molecule has 10 heteroatoms. The van der Waals surface area contributed by atoms with Crippen molar-refractivity contribution < 1.29 is 9.53 Å². The molecule has 0 spiro atoms. The zero-order valence-corrected chi connectivity index (χ0v) is 18.8. The first-order valence-corrected chi connectivity index (χ1v) is 11.5. The van der Waals surface area contributed by atoms with E-state index in [1.165, 1.54) is 11.9 Å². The molecule has 1 aliphatic rings. The molecule has 0 unspecified atom stereocenters. The second kappa shape index (κ2) is 8.23. The number of nitrogens with zero attached hydrogens (tertiary/aromatic N) is 6. The molecule has 168 valence electrons. The van der Waals surface area contributed by atoms with Crippen molar-refractivity contribution in [3.63, 3.8) is 0 Å². The third-order valence-corrected chi connectivity index (χ3v) is 6.95. The number of nitrogens with two attached hydrogens (primary N) is 1. The smallest absolute Gasteiger partial charge is 0.248 e. The fourth-order valence-corrected chi connectivity index (χ4v) is 5.28. The Morgan fingerprint density at radius 2 is 2.00 bits per heavy atom. The van der Waals surface area contributed by atoms with E-state index in [0.29, 0.717) is 24.5 Å². The Balaban J connectivity index is 1.34. The van der Waals surface area contributed by atoms with Gasteiger partial charge in [-0.05, 0) is 47.5 Å². The van der Waals surface area contributed by atoms with Gasteiger partial charge in [-0.1, -0.05) is 12.1 Å². The van der Waals surface area contributed by atoms with Crippen molar-refractivity contribution in [2.75, 3.05) is 6.61 Å². The van der Waals surface area contributed by atoms with Gasteiger partial charge in [-0.25, -0.2) is 9.67 Å². The molecule has 9 nitrogen and oxygen atoms in total. The van der Waals surface area contributed by atoms with Crippen LogP contribution in [-0.2, 0) is 13.0 Å². The van der Waals surface area contributed by atoms with Gasteiger partial charge in [-0.15, -0.1) is 21.5 Å². The molecule has 0 bridgehead atoms. The van der Waals surface area contributed by atoms with Crippen LogP contribution in [0.4, 0.5) is 0 Å². The van der Waals surface area contributed by atoms with Gasteiger partial charge in [0, 0.05) is 28.1 Å². The van der Waals surface area contributed by atoms with E-state index in [1.54, 1.807) is 40.8 Å². The van der Waals surface area contributed by atoms with Crippen molar-refractivity contribution >= 4 is 17.2 Å². The van der Waals surface area contributed by atoms with Gasteiger partial charge in [-0.3, -0.25) is 9.36 Å². The monoisotopic (exact) mass is 469 g/mol. The van der Waals surface area contributed by atoms with Gasteiger partial charge >= 0.3 is 0 Å². The zero-order valence-electron chi connectivity index (χ0n) is 18.0. The van der Waals surface area contributed by atoms with E-state index in [0.717, 1.165) is 38.8 Å². The number of benzene rings is 2. The third kappa shape index (κ3) is 3.63. The summed E-state index contributed by atoms with van der Waals surface area (Å²) < 4.78 is 9.68. The Morgan fingerprint density at radius 3 is 2.79 bits per heavy atom. The van der Waals surface area contributed by atoms with Crippen LogP contribution in [-0.4, -0.2) is 42.0 Å². The van der Waals surface area contributed by atoms with Gasteiger partial charge in [0.25, 0.3) is 0 Å². The Bertz CT molecular complexity index is 1490. The summed E-state index contributed by atoms with van der Waals surface area (Å²) in [4.78, 5) is 17.7. The molecule has 2 aromatic carbocycles. The van der Waals surface area contributed by atoms with Gasteiger partial charge in [-0.2, -0.15) is 5.10 Å². The first kappa shape index (κ1) is 20.3. The molecule has 5 aromatic rings. The SMILES string of the molecule is NC(=O)c1ccc2c(c1)OCCc1cc(-c3nncn3-c3ccc(Cn4cncn4)cc3)sc1-2. The number of ether oxygens (including phenoxy) is 1. The zero-order chi connectivity index (χ0) is 23.1. The number of carbonyl (C=O) groups excluding carboxylic acids is 1. The molecule has 0 saturated carbocycles. The first-order valence-electron chi connectivity index (χ1n) is 10.7. The number of hydrogen-bond acceptors (Lipinski definition) is 7. The van der Waals surface area contributed by atoms with E-state index in [9.17, 15) is 4.79 Å². The number of carbonyl (C=O) groups is 1. The highest BCUT2D eigenvalue weighted by molar-refractivity contribution is 7.19. The van der Waals surface area contributed by atoms with Crippen molar-refractivity contribution in [3.8, 4) is 32.6 Å². The number of hydrogen-bond donors (Lipinski definition) is 1. The molecule has 3 aromatic heterocycles. The predicted molar refractivity (Wildman–Crippen MR) is 127 cm³/mol. The first-order chi connectivity index (χ1) is 16.7. The van der Waals surface area contributed by atoms with Crippen LogP contribution in [0.1, 0.15) is 21.5 Å². The summed E-state index contributed by atoms with van der Waals surface area (Å²) in [6.45, 7) is 1.18. The lowest BCUT2D eigenvalue weighted by atomic mass is 10.1. The minimum Gasteiger partial charge on any atom is -0.493 e. The molecule has 0 saturated heterocycles. The van der Waals surface area contributed by atoms with Crippen molar-refractivity contribution in [3.05, 3.63) is 84.2 Å². The summed E-state index contributed by atoms with van der Waals surface area (Å²) in [5.41, 5.74) is 10.1. The number of fused-ring (bicyclic) bond motifs is 3. The molecule has 0 atom stereocenters. The topological polar surface area (TPSA) is 114 Å². The predicted octanol–water partition coefficient (Wildman–Crippen LogP) is 3.34. The lowest BCUT2D eigenvalue weighted by molar-refractivity contribution is 0.1000. The molecule has 1 aliphatic heterocycles. The number of aromatic nitrogens is 6. The van der Waals surface area contributed by atoms with E-state index < -0.39 is 5.91 Å². The average molecular weight is 470 g/mol. The van der Waals surface area contributed by atoms with Crippen LogP contribution in [0.25, 0.3) is 26.8 Å². The lowest BCUT2D eigenvalue weighted by Gasteiger charge is -2.09. The maximum absolute atomic E-state index is 11.6. The maximum atomic E-state index is 11.6. The Morgan fingerprint density at radius 1 is 1.12 bits per heavy atom. The van der Waals surface area contributed by atoms with E-state index in [1.807, 2.05) is 22.8 Å². The minimum absolute atomic E-state index is 0.436. The molecule has 1 amide bonds. The molecule has 0 aliphatic carbocycles. The molecule has 34 heavy (non-hydrogen) atoms. The highest BCUT2D eigenvalue weighted by Crippen LogP contribution is 2.43. The van der Waals surface area contributed by atoms with Crippen LogP contribution in [0.15, 0.2) is 67.5 Å². The summed E-state index contributed by atoms with van der Waals surface area (Å²) in [7, 11) is 0. The summed E-state index contributed by atoms with van der Waals surface area (Å²) >= 11 is 1.64. The van der Waals surface area contributed by atoms with Gasteiger partial charge < -0.3 is 10.5 Å².